The highest BCUT2D eigenvalue weighted by molar-refractivity contribution is 5.78. The maximum atomic E-state index is 12.7. The zero-order valence-electron chi connectivity index (χ0n) is 18.4. The lowest BCUT2D eigenvalue weighted by Gasteiger charge is -2.38. The monoisotopic (exact) mass is 411 g/mol. The smallest absolute Gasteiger partial charge is 0.257 e. The van der Waals surface area contributed by atoms with E-state index >= 15 is 0 Å². The molecule has 7 heteroatoms. The summed E-state index contributed by atoms with van der Waals surface area (Å²) in [6.07, 6.45) is 1.23. The van der Waals surface area contributed by atoms with Gasteiger partial charge in [0.1, 0.15) is 0 Å². The molecule has 0 spiro atoms. The topological polar surface area (TPSA) is 65.7 Å². The molecule has 2 aromatic rings. The Hall–Kier alpha value is -2.25. The minimum absolute atomic E-state index is 0.280. The first-order chi connectivity index (χ1) is 14.5. The highest BCUT2D eigenvalue weighted by atomic mass is 16.5. The zero-order valence-corrected chi connectivity index (χ0v) is 18.4. The summed E-state index contributed by atoms with van der Waals surface area (Å²) in [6, 6.07) is 8.11. The number of carbonyl (C=O) groups is 1. The van der Waals surface area contributed by atoms with E-state index in [2.05, 4.69) is 45.6 Å². The van der Waals surface area contributed by atoms with Crippen molar-refractivity contribution in [1.82, 2.24) is 24.8 Å². The number of hydrogen-bond acceptors (Lipinski definition) is 6. The highest BCUT2D eigenvalue weighted by Crippen LogP contribution is 2.21. The van der Waals surface area contributed by atoms with Crippen LogP contribution in [-0.2, 0) is 11.3 Å². The second-order valence-corrected chi connectivity index (χ2v) is 9.18. The Morgan fingerprint density at radius 1 is 1.03 bits per heavy atom. The third-order valence-corrected chi connectivity index (χ3v) is 6.18. The fourth-order valence-corrected chi connectivity index (χ4v) is 4.59. The lowest BCUT2D eigenvalue weighted by Crippen LogP contribution is -2.51. The van der Waals surface area contributed by atoms with Gasteiger partial charge in [-0.1, -0.05) is 36.7 Å². The van der Waals surface area contributed by atoms with Crippen LogP contribution >= 0.6 is 0 Å². The van der Waals surface area contributed by atoms with E-state index in [4.69, 9.17) is 4.52 Å². The van der Waals surface area contributed by atoms with Crippen LogP contribution < -0.4 is 0 Å². The normalized spacial score (nSPS) is 23.6. The molecule has 0 N–H and O–H groups in total. The molecule has 2 aliphatic heterocycles. The number of likely N-dealkylation sites (tertiary alicyclic amines) is 1. The fraction of sp³-hybridized carbons (Fsp3) is 0.609. The molecular weight excluding hydrogens is 378 g/mol. The van der Waals surface area contributed by atoms with Gasteiger partial charge in [-0.15, -0.1) is 0 Å². The first kappa shape index (κ1) is 21.0. The third kappa shape index (κ3) is 5.26. The molecule has 7 nitrogen and oxygen atoms in total. The Kier molecular flexibility index (Phi) is 6.49. The molecule has 2 aliphatic rings. The van der Waals surface area contributed by atoms with Crippen molar-refractivity contribution in [2.24, 2.45) is 11.8 Å². The molecule has 1 amide bonds. The summed E-state index contributed by atoms with van der Waals surface area (Å²) >= 11 is 0. The van der Waals surface area contributed by atoms with Crippen LogP contribution in [0, 0.1) is 18.8 Å². The quantitative estimate of drug-likeness (QED) is 0.754. The summed E-state index contributed by atoms with van der Waals surface area (Å²) in [6.45, 7) is 13.2. The van der Waals surface area contributed by atoms with Crippen molar-refractivity contribution in [1.29, 1.82) is 0 Å². The molecule has 0 saturated carbocycles. The van der Waals surface area contributed by atoms with Crippen LogP contribution in [0.4, 0.5) is 0 Å². The molecule has 2 unspecified atom stereocenters. The summed E-state index contributed by atoms with van der Waals surface area (Å²) in [7, 11) is 0. The number of nitrogens with zero attached hydrogens (tertiary/aromatic N) is 5. The van der Waals surface area contributed by atoms with Crippen LogP contribution in [0.5, 0.6) is 0 Å². The molecule has 0 bridgehead atoms. The van der Waals surface area contributed by atoms with E-state index in [0.29, 0.717) is 36.6 Å². The van der Waals surface area contributed by atoms with Gasteiger partial charge in [0.25, 0.3) is 5.89 Å². The minimum atomic E-state index is 0.280. The Bertz CT molecular complexity index is 832. The van der Waals surface area contributed by atoms with E-state index in [9.17, 15) is 4.79 Å². The average molecular weight is 412 g/mol. The van der Waals surface area contributed by atoms with Gasteiger partial charge in [0.2, 0.25) is 5.91 Å². The SMILES string of the molecule is Cc1ccc(-c2nc(CN3CCN(CC(=O)N4CC(C)CC(C)C4)CC3)no2)cc1. The largest absolute Gasteiger partial charge is 0.341 e. The van der Waals surface area contributed by atoms with Gasteiger partial charge in [-0.25, -0.2) is 0 Å². The van der Waals surface area contributed by atoms with Gasteiger partial charge in [0.05, 0.1) is 13.1 Å². The molecule has 0 aliphatic carbocycles. The summed E-state index contributed by atoms with van der Waals surface area (Å²) in [5.74, 6) is 2.77. The van der Waals surface area contributed by atoms with Crippen molar-refractivity contribution in [3.05, 3.63) is 35.7 Å². The second kappa shape index (κ2) is 9.27. The molecule has 1 aromatic carbocycles. The predicted molar refractivity (Wildman–Crippen MR) is 116 cm³/mol. The lowest BCUT2D eigenvalue weighted by molar-refractivity contribution is -0.135. The van der Waals surface area contributed by atoms with E-state index < -0.39 is 0 Å². The van der Waals surface area contributed by atoms with Crippen LogP contribution in [0.25, 0.3) is 11.5 Å². The van der Waals surface area contributed by atoms with E-state index in [1.165, 1.54) is 12.0 Å². The van der Waals surface area contributed by atoms with Gasteiger partial charge in [0.15, 0.2) is 5.82 Å². The Labute approximate surface area is 179 Å². The van der Waals surface area contributed by atoms with E-state index in [1.54, 1.807) is 0 Å². The first-order valence-corrected chi connectivity index (χ1v) is 11.1. The number of hydrogen-bond donors (Lipinski definition) is 0. The van der Waals surface area contributed by atoms with Crippen molar-refractivity contribution in [3.63, 3.8) is 0 Å². The van der Waals surface area contributed by atoms with Crippen LogP contribution in [0.1, 0.15) is 31.7 Å². The number of piperazine rings is 1. The van der Waals surface area contributed by atoms with E-state index in [1.807, 2.05) is 24.3 Å². The van der Waals surface area contributed by atoms with Crippen LogP contribution in [-0.4, -0.2) is 76.6 Å². The van der Waals surface area contributed by atoms with Gasteiger partial charge in [-0.2, -0.15) is 4.98 Å². The molecule has 3 heterocycles. The Morgan fingerprint density at radius 2 is 1.67 bits per heavy atom. The standard InChI is InChI=1S/C23H33N5O2/c1-17-4-6-20(7-5-17)23-24-21(25-30-23)15-26-8-10-27(11-9-26)16-22(29)28-13-18(2)12-19(3)14-28/h4-7,18-19H,8-16H2,1-3H3. The van der Waals surface area contributed by atoms with Crippen molar-refractivity contribution in [2.45, 2.75) is 33.7 Å². The summed E-state index contributed by atoms with van der Waals surface area (Å²) < 4.78 is 5.44. The molecule has 2 atom stereocenters. The average Bonchev–Trinajstić information content (AvgIpc) is 3.18. The van der Waals surface area contributed by atoms with Crippen molar-refractivity contribution in [2.75, 3.05) is 45.8 Å². The summed E-state index contributed by atoms with van der Waals surface area (Å²) in [5.41, 5.74) is 2.16. The van der Waals surface area contributed by atoms with Gasteiger partial charge < -0.3 is 9.42 Å². The van der Waals surface area contributed by atoms with Gasteiger partial charge in [0, 0.05) is 44.8 Å². The molecule has 0 radical (unpaired) electrons. The molecule has 4 rings (SSSR count). The van der Waals surface area contributed by atoms with Crippen molar-refractivity contribution in [3.8, 4) is 11.5 Å². The van der Waals surface area contributed by atoms with Gasteiger partial charge in [-0.3, -0.25) is 14.6 Å². The number of piperidine rings is 1. The number of rotatable bonds is 5. The van der Waals surface area contributed by atoms with Crippen molar-refractivity contribution < 1.29 is 9.32 Å². The predicted octanol–water partition coefficient (Wildman–Crippen LogP) is 2.67. The number of amides is 1. The molecule has 30 heavy (non-hydrogen) atoms. The molecular formula is C23H33N5O2. The second-order valence-electron chi connectivity index (χ2n) is 9.18. The Morgan fingerprint density at radius 3 is 2.33 bits per heavy atom. The number of aromatic nitrogens is 2. The minimum Gasteiger partial charge on any atom is -0.341 e. The van der Waals surface area contributed by atoms with Gasteiger partial charge in [-0.05, 0) is 37.3 Å². The number of carbonyl (C=O) groups excluding carboxylic acids is 1. The highest BCUT2D eigenvalue weighted by Gasteiger charge is 2.27. The van der Waals surface area contributed by atoms with Crippen LogP contribution in [0.2, 0.25) is 0 Å². The molecule has 2 fully saturated rings. The first-order valence-electron chi connectivity index (χ1n) is 11.1. The molecule has 2 saturated heterocycles. The maximum absolute atomic E-state index is 12.7. The molecule has 162 valence electrons. The van der Waals surface area contributed by atoms with Crippen LogP contribution in [0.3, 0.4) is 0 Å². The fourth-order valence-electron chi connectivity index (χ4n) is 4.59. The van der Waals surface area contributed by atoms with E-state index in [0.717, 1.165) is 44.8 Å². The van der Waals surface area contributed by atoms with Crippen molar-refractivity contribution >= 4 is 5.91 Å². The zero-order chi connectivity index (χ0) is 21.1. The lowest BCUT2D eigenvalue weighted by atomic mass is 9.92. The summed E-state index contributed by atoms with van der Waals surface area (Å²) in [4.78, 5) is 24.0. The van der Waals surface area contributed by atoms with Gasteiger partial charge >= 0.3 is 0 Å². The molecule has 1 aromatic heterocycles. The number of aryl methyl sites for hydroxylation is 1. The maximum Gasteiger partial charge on any atom is 0.257 e. The Balaban J connectivity index is 1.24. The van der Waals surface area contributed by atoms with E-state index in [-0.39, 0.29) is 5.91 Å². The summed E-state index contributed by atoms with van der Waals surface area (Å²) in [5, 5.41) is 4.15. The van der Waals surface area contributed by atoms with Crippen LogP contribution in [0.15, 0.2) is 28.8 Å². The number of benzene rings is 1. The third-order valence-electron chi connectivity index (χ3n) is 6.18.